The van der Waals surface area contributed by atoms with Gasteiger partial charge in [0, 0.05) is 17.3 Å². The van der Waals surface area contributed by atoms with Crippen LogP contribution in [0.4, 0.5) is 0 Å². The van der Waals surface area contributed by atoms with E-state index in [1.54, 1.807) is 35.6 Å². The number of aromatic hydroxyl groups is 1. The van der Waals surface area contributed by atoms with Gasteiger partial charge in [-0.25, -0.2) is 0 Å². The summed E-state index contributed by atoms with van der Waals surface area (Å²) >= 11 is 1.69. The number of ether oxygens (including phenoxy) is 1. The number of phenols is 1. The molecule has 1 aromatic carbocycles. The van der Waals surface area contributed by atoms with E-state index in [2.05, 4.69) is 6.07 Å². The fraction of sp³-hybridized carbons (Fsp3) is 0.231. The van der Waals surface area contributed by atoms with Crippen molar-refractivity contribution < 1.29 is 9.84 Å². The van der Waals surface area contributed by atoms with Crippen LogP contribution in [0.2, 0.25) is 0 Å². The van der Waals surface area contributed by atoms with Crippen LogP contribution in [0.1, 0.15) is 10.8 Å². The number of hydrogen-bond donors (Lipinski definition) is 2. The second-order valence-electron chi connectivity index (χ2n) is 3.75. The molecule has 0 amide bonds. The summed E-state index contributed by atoms with van der Waals surface area (Å²) < 4.78 is 5.65. The van der Waals surface area contributed by atoms with Gasteiger partial charge < -0.3 is 15.6 Å². The van der Waals surface area contributed by atoms with Crippen molar-refractivity contribution in [1.29, 1.82) is 0 Å². The van der Waals surface area contributed by atoms with E-state index < -0.39 is 0 Å². The highest BCUT2D eigenvalue weighted by molar-refractivity contribution is 7.10. The van der Waals surface area contributed by atoms with E-state index in [9.17, 15) is 0 Å². The van der Waals surface area contributed by atoms with Crippen molar-refractivity contribution >= 4 is 11.3 Å². The lowest BCUT2D eigenvalue weighted by Gasteiger charge is -2.14. The molecule has 0 saturated carbocycles. The van der Waals surface area contributed by atoms with Gasteiger partial charge in [-0.3, -0.25) is 0 Å². The first kappa shape index (κ1) is 12.0. The highest BCUT2D eigenvalue weighted by Gasteiger charge is 2.11. The fourth-order valence-corrected chi connectivity index (χ4v) is 2.36. The van der Waals surface area contributed by atoms with E-state index in [0.29, 0.717) is 13.2 Å². The van der Waals surface area contributed by atoms with Gasteiger partial charge in [0.15, 0.2) is 0 Å². The van der Waals surface area contributed by atoms with Crippen LogP contribution in [0, 0.1) is 0 Å². The fourth-order valence-electron chi connectivity index (χ4n) is 1.53. The Labute approximate surface area is 104 Å². The number of rotatable bonds is 5. The summed E-state index contributed by atoms with van der Waals surface area (Å²) in [6.45, 7) is 1.13. The number of thiophene rings is 1. The van der Waals surface area contributed by atoms with Crippen LogP contribution in [0.25, 0.3) is 0 Å². The van der Waals surface area contributed by atoms with Crippen molar-refractivity contribution in [2.24, 2.45) is 5.73 Å². The number of benzene rings is 1. The van der Waals surface area contributed by atoms with Crippen LogP contribution in [0.3, 0.4) is 0 Å². The molecule has 1 unspecified atom stereocenters. The Morgan fingerprint density at radius 2 is 2.00 bits per heavy atom. The SMILES string of the molecule is NCC(COc1ccc(O)cc1)c1cccs1. The molecule has 4 heteroatoms. The highest BCUT2D eigenvalue weighted by atomic mass is 32.1. The quantitative estimate of drug-likeness (QED) is 0.856. The largest absolute Gasteiger partial charge is 0.508 e. The topological polar surface area (TPSA) is 55.5 Å². The zero-order chi connectivity index (χ0) is 12.1. The number of nitrogens with two attached hydrogens (primary N) is 1. The van der Waals surface area contributed by atoms with E-state index in [1.807, 2.05) is 11.4 Å². The Morgan fingerprint density at radius 1 is 1.24 bits per heavy atom. The molecule has 0 radical (unpaired) electrons. The molecule has 0 spiro atoms. The van der Waals surface area contributed by atoms with Crippen LogP contribution >= 0.6 is 11.3 Å². The second kappa shape index (κ2) is 5.70. The lowest BCUT2D eigenvalue weighted by Crippen LogP contribution is -2.18. The average Bonchev–Trinajstić information content (AvgIpc) is 2.86. The van der Waals surface area contributed by atoms with Gasteiger partial charge in [0.2, 0.25) is 0 Å². The summed E-state index contributed by atoms with van der Waals surface area (Å²) in [6.07, 6.45) is 0. The standard InChI is InChI=1S/C13H15NO2S/c14-8-10(13-2-1-7-17-13)9-16-12-5-3-11(15)4-6-12/h1-7,10,15H,8-9,14H2. The van der Waals surface area contributed by atoms with Crippen LogP contribution in [0.15, 0.2) is 41.8 Å². The van der Waals surface area contributed by atoms with Crippen LogP contribution < -0.4 is 10.5 Å². The second-order valence-corrected chi connectivity index (χ2v) is 4.73. The molecule has 90 valence electrons. The zero-order valence-electron chi connectivity index (χ0n) is 9.37. The first-order valence-electron chi connectivity index (χ1n) is 5.45. The van der Waals surface area contributed by atoms with Gasteiger partial charge in [-0.1, -0.05) is 6.07 Å². The number of hydrogen-bond acceptors (Lipinski definition) is 4. The molecule has 0 aliphatic rings. The van der Waals surface area contributed by atoms with Gasteiger partial charge >= 0.3 is 0 Å². The van der Waals surface area contributed by atoms with E-state index in [-0.39, 0.29) is 11.7 Å². The Hall–Kier alpha value is -1.52. The van der Waals surface area contributed by atoms with Crippen molar-refractivity contribution in [3.8, 4) is 11.5 Å². The molecule has 0 aliphatic carbocycles. The molecule has 1 aromatic heterocycles. The molecule has 3 N–H and O–H groups in total. The Balaban J connectivity index is 1.94. The van der Waals surface area contributed by atoms with Crippen molar-refractivity contribution in [1.82, 2.24) is 0 Å². The summed E-state index contributed by atoms with van der Waals surface area (Å²) in [5.41, 5.74) is 5.74. The Bertz CT molecular complexity index is 439. The monoisotopic (exact) mass is 249 g/mol. The van der Waals surface area contributed by atoms with E-state index in [4.69, 9.17) is 15.6 Å². The van der Waals surface area contributed by atoms with Gasteiger partial charge in [0.1, 0.15) is 11.5 Å². The molecule has 1 heterocycles. The van der Waals surface area contributed by atoms with E-state index >= 15 is 0 Å². The molecule has 1 atom stereocenters. The van der Waals surface area contributed by atoms with Crippen molar-refractivity contribution in [3.05, 3.63) is 46.7 Å². The minimum atomic E-state index is 0.226. The zero-order valence-corrected chi connectivity index (χ0v) is 10.2. The minimum absolute atomic E-state index is 0.226. The molecule has 3 nitrogen and oxygen atoms in total. The smallest absolute Gasteiger partial charge is 0.119 e. The van der Waals surface area contributed by atoms with Gasteiger partial charge in [0.25, 0.3) is 0 Å². The molecule has 0 bridgehead atoms. The molecule has 0 fully saturated rings. The molecule has 2 rings (SSSR count). The van der Waals surface area contributed by atoms with E-state index in [0.717, 1.165) is 5.75 Å². The van der Waals surface area contributed by atoms with Gasteiger partial charge in [-0.15, -0.1) is 11.3 Å². The van der Waals surface area contributed by atoms with Crippen LogP contribution in [-0.4, -0.2) is 18.3 Å². The number of phenolic OH excluding ortho intramolecular Hbond substituents is 1. The summed E-state index contributed by atoms with van der Waals surface area (Å²) in [5, 5.41) is 11.2. The molecular formula is C13H15NO2S. The van der Waals surface area contributed by atoms with Crippen LogP contribution in [-0.2, 0) is 0 Å². The maximum atomic E-state index is 9.16. The van der Waals surface area contributed by atoms with Gasteiger partial charge in [-0.05, 0) is 35.7 Å². The summed E-state index contributed by atoms with van der Waals surface area (Å²) in [6, 6.07) is 10.8. The molecule has 0 aliphatic heterocycles. The van der Waals surface area contributed by atoms with Gasteiger partial charge in [-0.2, -0.15) is 0 Å². The predicted molar refractivity (Wildman–Crippen MR) is 69.7 cm³/mol. The Kier molecular flexibility index (Phi) is 4.01. The van der Waals surface area contributed by atoms with Gasteiger partial charge in [0.05, 0.1) is 6.61 Å². The lowest BCUT2D eigenvalue weighted by molar-refractivity contribution is 0.291. The Morgan fingerprint density at radius 3 is 2.59 bits per heavy atom. The van der Waals surface area contributed by atoms with E-state index in [1.165, 1.54) is 4.88 Å². The molecule has 0 saturated heterocycles. The average molecular weight is 249 g/mol. The third kappa shape index (κ3) is 3.22. The normalized spacial score (nSPS) is 12.3. The highest BCUT2D eigenvalue weighted by Crippen LogP contribution is 2.22. The predicted octanol–water partition coefficient (Wildman–Crippen LogP) is 2.58. The molecule has 17 heavy (non-hydrogen) atoms. The maximum Gasteiger partial charge on any atom is 0.119 e. The summed E-state index contributed by atoms with van der Waals surface area (Å²) in [7, 11) is 0. The van der Waals surface area contributed by atoms with Crippen molar-refractivity contribution in [2.75, 3.05) is 13.2 Å². The van der Waals surface area contributed by atoms with Crippen LogP contribution in [0.5, 0.6) is 11.5 Å². The maximum absolute atomic E-state index is 9.16. The van der Waals surface area contributed by atoms with Crippen molar-refractivity contribution in [3.63, 3.8) is 0 Å². The first-order valence-corrected chi connectivity index (χ1v) is 6.33. The lowest BCUT2D eigenvalue weighted by atomic mass is 10.1. The summed E-state index contributed by atoms with van der Waals surface area (Å²) in [4.78, 5) is 1.24. The third-order valence-corrected chi connectivity index (χ3v) is 3.55. The molecular weight excluding hydrogens is 234 g/mol. The molecule has 2 aromatic rings. The summed E-state index contributed by atoms with van der Waals surface area (Å²) in [5.74, 6) is 1.22. The minimum Gasteiger partial charge on any atom is -0.508 e. The third-order valence-electron chi connectivity index (χ3n) is 2.52. The van der Waals surface area contributed by atoms with Crippen molar-refractivity contribution in [2.45, 2.75) is 5.92 Å². The first-order chi connectivity index (χ1) is 8.29.